The van der Waals surface area contributed by atoms with Crippen LogP contribution < -0.4 is 16.5 Å². The van der Waals surface area contributed by atoms with Crippen molar-refractivity contribution in [2.45, 2.75) is 11.8 Å². The third-order valence-corrected chi connectivity index (χ3v) is 4.22. The summed E-state index contributed by atoms with van der Waals surface area (Å²) in [6, 6.07) is 13.7. The molecule has 0 saturated heterocycles. The molecule has 0 aliphatic heterocycles. The van der Waals surface area contributed by atoms with Gasteiger partial charge in [-0.1, -0.05) is 6.07 Å². The summed E-state index contributed by atoms with van der Waals surface area (Å²) in [6.07, 6.45) is 0. The molecule has 0 heterocycles. The average molecular weight is 447 g/mol. The van der Waals surface area contributed by atoms with Crippen molar-refractivity contribution in [3.8, 4) is 0 Å². The zero-order valence-electron chi connectivity index (χ0n) is 11.6. The Morgan fingerprint density at radius 1 is 1.18 bits per heavy atom. The summed E-state index contributed by atoms with van der Waals surface area (Å²) in [5, 5.41) is 6.86. The van der Waals surface area contributed by atoms with Gasteiger partial charge in [-0.15, -0.1) is 9.32 Å². The summed E-state index contributed by atoms with van der Waals surface area (Å²) in [5.41, 5.74) is 3.00. The van der Waals surface area contributed by atoms with E-state index >= 15 is 0 Å². The highest BCUT2D eigenvalue weighted by Crippen LogP contribution is 2.22. The van der Waals surface area contributed by atoms with E-state index in [9.17, 15) is 0 Å². The van der Waals surface area contributed by atoms with Gasteiger partial charge in [-0.05, 0) is 83.7 Å². The first-order valence-corrected chi connectivity index (χ1v) is 8.45. The summed E-state index contributed by atoms with van der Waals surface area (Å²) in [4.78, 5) is 4.91. The summed E-state index contributed by atoms with van der Waals surface area (Å²) in [7, 11) is 0. The average Bonchev–Trinajstić information content (AvgIpc) is 2.50. The smallest absolute Gasteiger partial charge is 0.175 e. The minimum absolute atomic E-state index is 0.534. The molecule has 8 heteroatoms. The molecule has 5 nitrogen and oxygen atoms in total. The minimum atomic E-state index is 0.534. The van der Waals surface area contributed by atoms with Crippen LogP contribution in [0.3, 0.4) is 0 Å². The molecule has 2 aromatic carbocycles. The molecule has 0 radical (unpaired) electrons. The SMILES string of the molecule is Cc1ccc(I)cc1NC(=S)Nc1ccc(SOON)cc1. The highest BCUT2D eigenvalue weighted by atomic mass is 127. The van der Waals surface area contributed by atoms with Crippen LogP contribution in [0.25, 0.3) is 0 Å². The molecule has 4 N–H and O–H groups in total. The maximum Gasteiger partial charge on any atom is 0.175 e. The van der Waals surface area contributed by atoms with Crippen molar-refractivity contribution in [2.75, 3.05) is 10.6 Å². The van der Waals surface area contributed by atoms with Gasteiger partial charge in [0.2, 0.25) is 0 Å². The van der Waals surface area contributed by atoms with Gasteiger partial charge < -0.3 is 10.6 Å². The quantitative estimate of drug-likeness (QED) is 0.208. The van der Waals surface area contributed by atoms with Crippen molar-refractivity contribution in [1.82, 2.24) is 0 Å². The number of nitrogens with two attached hydrogens (primary N) is 1. The standard InChI is InChI=1S/C14H14IN3O2S2/c1-9-2-3-10(15)8-13(9)18-14(21)17-11-4-6-12(7-5-11)22-20-19-16/h2-8H,16H2,1H3,(H2,17,18,21). The molecule has 0 unspecified atom stereocenters. The molecule has 0 amide bonds. The number of anilines is 2. The van der Waals surface area contributed by atoms with E-state index in [-0.39, 0.29) is 0 Å². The second-order valence-electron chi connectivity index (χ2n) is 4.31. The lowest BCUT2D eigenvalue weighted by Crippen LogP contribution is -2.19. The van der Waals surface area contributed by atoms with E-state index in [2.05, 4.69) is 54.7 Å². The molecule has 2 rings (SSSR count). The number of nitrogens with one attached hydrogen (secondary N) is 2. The topological polar surface area (TPSA) is 68.5 Å². The second-order valence-corrected chi connectivity index (χ2v) is 6.74. The molecular weight excluding hydrogens is 433 g/mol. The minimum Gasteiger partial charge on any atom is -0.332 e. The number of hydrogen-bond acceptors (Lipinski definition) is 5. The molecule has 0 aliphatic carbocycles. The van der Waals surface area contributed by atoms with E-state index in [1.165, 1.54) is 0 Å². The summed E-state index contributed by atoms with van der Waals surface area (Å²) >= 11 is 8.63. The van der Waals surface area contributed by atoms with E-state index in [4.69, 9.17) is 18.1 Å². The highest BCUT2D eigenvalue weighted by molar-refractivity contribution is 14.1. The Labute approximate surface area is 152 Å². The molecule has 2 aromatic rings. The van der Waals surface area contributed by atoms with Crippen molar-refractivity contribution < 1.29 is 9.32 Å². The molecule has 0 bridgehead atoms. The molecule has 0 spiro atoms. The maximum absolute atomic E-state index is 5.33. The molecule has 0 saturated carbocycles. The van der Waals surface area contributed by atoms with Gasteiger partial charge in [0.05, 0.1) is 12.0 Å². The first-order valence-electron chi connectivity index (χ1n) is 6.23. The summed E-state index contributed by atoms with van der Waals surface area (Å²) in [6.45, 7) is 2.03. The first kappa shape index (κ1) is 17.4. The van der Waals surface area contributed by atoms with Crippen LogP contribution in [0.4, 0.5) is 11.4 Å². The van der Waals surface area contributed by atoms with Crippen molar-refractivity contribution in [1.29, 1.82) is 0 Å². The maximum atomic E-state index is 5.33. The van der Waals surface area contributed by atoms with Crippen LogP contribution in [-0.4, -0.2) is 5.11 Å². The summed E-state index contributed by atoms with van der Waals surface area (Å²) in [5.74, 6) is 4.79. The normalized spacial score (nSPS) is 10.3. The van der Waals surface area contributed by atoms with Crippen LogP contribution in [0, 0.1) is 10.5 Å². The van der Waals surface area contributed by atoms with E-state index < -0.39 is 0 Å². The predicted molar refractivity (Wildman–Crippen MR) is 102 cm³/mol. The molecule has 22 heavy (non-hydrogen) atoms. The highest BCUT2D eigenvalue weighted by Gasteiger charge is 2.03. The van der Waals surface area contributed by atoms with E-state index in [0.717, 1.165) is 37.4 Å². The zero-order chi connectivity index (χ0) is 15.9. The van der Waals surface area contributed by atoms with Gasteiger partial charge >= 0.3 is 0 Å². The monoisotopic (exact) mass is 447 g/mol. The molecule has 0 aromatic heterocycles. The second kappa shape index (κ2) is 8.65. The van der Waals surface area contributed by atoms with Gasteiger partial charge in [-0.2, -0.15) is 5.90 Å². The Morgan fingerprint density at radius 2 is 1.91 bits per heavy atom. The van der Waals surface area contributed by atoms with Crippen molar-refractivity contribution in [3.63, 3.8) is 0 Å². The van der Waals surface area contributed by atoms with Gasteiger partial charge in [0, 0.05) is 19.8 Å². The van der Waals surface area contributed by atoms with E-state index in [1.54, 1.807) is 0 Å². The van der Waals surface area contributed by atoms with E-state index in [1.807, 2.05) is 37.3 Å². The van der Waals surface area contributed by atoms with E-state index in [0.29, 0.717) is 5.11 Å². The van der Waals surface area contributed by atoms with Crippen molar-refractivity contribution in [2.24, 2.45) is 5.90 Å². The van der Waals surface area contributed by atoms with Crippen LogP contribution in [0.2, 0.25) is 0 Å². The van der Waals surface area contributed by atoms with Gasteiger partial charge in [-0.3, -0.25) is 0 Å². The van der Waals surface area contributed by atoms with Crippen LogP contribution in [0.5, 0.6) is 0 Å². The number of thiocarbonyl (C=S) groups is 1. The zero-order valence-corrected chi connectivity index (χ0v) is 15.4. The number of halogens is 1. The third kappa shape index (κ3) is 5.38. The molecule has 0 aliphatic rings. The number of hydrogen-bond donors (Lipinski definition) is 3. The fourth-order valence-electron chi connectivity index (χ4n) is 1.67. The van der Waals surface area contributed by atoms with Gasteiger partial charge in [-0.25, -0.2) is 0 Å². The number of rotatable bonds is 5. The Morgan fingerprint density at radius 3 is 2.59 bits per heavy atom. The van der Waals surface area contributed by atoms with Crippen LogP contribution in [0.1, 0.15) is 5.56 Å². The third-order valence-electron chi connectivity index (χ3n) is 2.73. The summed E-state index contributed by atoms with van der Waals surface area (Å²) < 4.78 is 5.73. The molecular formula is C14H14IN3O2S2. The Hall–Kier alpha value is -0.910. The number of benzene rings is 2. The lowest BCUT2D eigenvalue weighted by atomic mass is 10.2. The van der Waals surface area contributed by atoms with Gasteiger partial charge in [0.15, 0.2) is 5.11 Å². The largest absolute Gasteiger partial charge is 0.332 e. The predicted octanol–water partition coefficient (Wildman–Crippen LogP) is 4.24. The Kier molecular flexibility index (Phi) is 6.86. The van der Waals surface area contributed by atoms with Gasteiger partial charge in [0.1, 0.15) is 0 Å². The Balaban J connectivity index is 1.95. The van der Waals surface area contributed by atoms with Crippen LogP contribution >= 0.6 is 46.9 Å². The van der Waals surface area contributed by atoms with Crippen LogP contribution in [-0.2, 0) is 9.32 Å². The number of aryl methyl sites for hydroxylation is 1. The fraction of sp³-hybridized carbons (Fsp3) is 0.0714. The van der Waals surface area contributed by atoms with Crippen molar-refractivity contribution in [3.05, 3.63) is 51.6 Å². The fourth-order valence-corrected chi connectivity index (χ4v) is 2.75. The Bertz CT molecular complexity index is 653. The lowest BCUT2D eigenvalue weighted by molar-refractivity contribution is -0.195. The molecule has 0 atom stereocenters. The molecule has 116 valence electrons. The molecule has 0 fully saturated rings. The lowest BCUT2D eigenvalue weighted by Gasteiger charge is -2.13. The van der Waals surface area contributed by atoms with Crippen LogP contribution in [0.15, 0.2) is 47.4 Å². The first-order chi connectivity index (χ1) is 10.6. The van der Waals surface area contributed by atoms with Gasteiger partial charge in [0.25, 0.3) is 0 Å². The van der Waals surface area contributed by atoms with Crippen molar-refractivity contribution >= 4 is 63.3 Å².